The van der Waals surface area contributed by atoms with E-state index in [1.165, 1.54) is 27.4 Å². The molecule has 0 atom stereocenters. The summed E-state index contributed by atoms with van der Waals surface area (Å²) in [6.07, 6.45) is 1.40. The number of ether oxygens (including phenoxy) is 3. The van der Waals surface area contributed by atoms with Crippen molar-refractivity contribution in [2.45, 2.75) is 0 Å². The van der Waals surface area contributed by atoms with Gasteiger partial charge in [-0.25, -0.2) is 0 Å². The maximum absolute atomic E-state index is 12.5. The SMILES string of the molecule is COc1cc(/C=C(/C#N)C(=O)Nc2cccc(Cl)c2Cl)cc(OC)c1OC. The van der Waals surface area contributed by atoms with Crippen molar-refractivity contribution in [1.82, 2.24) is 0 Å². The lowest BCUT2D eigenvalue weighted by atomic mass is 10.1. The van der Waals surface area contributed by atoms with Crippen molar-refractivity contribution in [2.75, 3.05) is 26.6 Å². The van der Waals surface area contributed by atoms with E-state index in [1.54, 1.807) is 30.3 Å². The fourth-order valence-electron chi connectivity index (χ4n) is 2.29. The van der Waals surface area contributed by atoms with Crippen LogP contribution in [0.5, 0.6) is 17.2 Å². The van der Waals surface area contributed by atoms with Crippen LogP contribution in [0.25, 0.3) is 6.08 Å². The van der Waals surface area contributed by atoms with Gasteiger partial charge in [0, 0.05) is 0 Å². The summed E-state index contributed by atoms with van der Waals surface area (Å²) in [6.45, 7) is 0. The summed E-state index contributed by atoms with van der Waals surface area (Å²) in [5, 5.41) is 12.4. The largest absolute Gasteiger partial charge is 0.493 e. The minimum atomic E-state index is -0.629. The number of rotatable bonds is 6. The zero-order valence-corrected chi connectivity index (χ0v) is 16.3. The summed E-state index contributed by atoms with van der Waals surface area (Å²) >= 11 is 12.0. The van der Waals surface area contributed by atoms with Crippen LogP contribution in [0, 0.1) is 11.3 Å². The summed E-state index contributed by atoms with van der Waals surface area (Å²) in [7, 11) is 4.44. The number of benzene rings is 2. The number of nitriles is 1. The van der Waals surface area contributed by atoms with Crippen molar-refractivity contribution >= 4 is 40.9 Å². The Morgan fingerprint density at radius 2 is 1.74 bits per heavy atom. The van der Waals surface area contributed by atoms with Gasteiger partial charge < -0.3 is 19.5 Å². The summed E-state index contributed by atoms with van der Waals surface area (Å²) in [4.78, 5) is 12.5. The van der Waals surface area contributed by atoms with Crippen LogP contribution in [-0.2, 0) is 4.79 Å². The molecular weight excluding hydrogens is 391 g/mol. The Bertz CT molecular complexity index is 911. The number of hydrogen-bond acceptors (Lipinski definition) is 5. The molecule has 8 heteroatoms. The molecule has 0 saturated heterocycles. The van der Waals surface area contributed by atoms with E-state index in [0.29, 0.717) is 33.5 Å². The number of methoxy groups -OCH3 is 3. The molecule has 140 valence electrons. The highest BCUT2D eigenvalue weighted by atomic mass is 35.5. The number of carbonyl (C=O) groups is 1. The fraction of sp³-hybridized carbons (Fsp3) is 0.158. The smallest absolute Gasteiger partial charge is 0.266 e. The van der Waals surface area contributed by atoms with E-state index in [-0.39, 0.29) is 10.6 Å². The molecule has 0 aliphatic rings. The molecule has 1 amide bonds. The Morgan fingerprint density at radius 1 is 1.11 bits per heavy atom. The van der Waals surface area contributed by atoms with Crippen LogP contribution in [0.3, 0.4) is 0 Å². The van der Waals surface area contributed by atoms with Crippen molar-refractivity contribution in [3.63, 3.8) is 0 Å². The molecule has 0 aromatic heterocycles. The number of hydrogen-bond donors (Lipinski definition) is 1. The second kappa shape index (κ2) is 9.17. The lowest BCUT2D eigenvalue weighted by molar-refractivity contribution is -0.112. The van der Waals surface area contributed by atoms with E-state index in [0.717, 1.165) is 0 Å². The molecule has 2 rings (SSSR count). The lowest BCUT2D eigenvalue weighted by Gasteiger charge is -2.13. The molecule has 0 spiro atoms. The van der Waals surface area contributed by atoms with Crippen molar-refractivity contribution in [3.05, 3.63) is 51.5 Å². The van der Waals surface area contributed by atoms with E-state index >= 15 is 0 Å². The summed E-state index contributed by atoms with van der Waals surface area (Å²) in [5.41, 5.74) is 0.689. The van der Waals surface area contributed by atoms with E-state index in [1.807, 2.05) is 6.07 Å². The van der Waals surface area contributed by atoms with Crippen molar-refractivity contribution in [3.8, 4) is 23.3 Å². The van der Waals surface area contributed by atoms with Crippen molar-refractivity contribution in [2.24, 2.45) is 0 Å². The number of nitrogens with zero attached hydrogens (tertiary/aromatic N) is 1. The van der Waals surface area contributed by atoms with Crippen molar-refractivity contribution in [1.29, 1.82) is 5.26 Å². The van der Waals surface area contributed by atoms with Crippen LogP contribution in [0.15, 0.2) is 35.9 Å². The van der Waals surface area contributed by atoms with Gasteiger partial charge in [0.15, 0.2) is 11.5 Å². The first-order valence-electron chi connectivity index (χ1n) is 7.62. The summed E-state index contributed by atoms with van der Waals surface area (Å²) in [5.74, 6) is 0.582. The van der Waals surface area contributed by atoms with Gasteiger partial charge in [-0.15, -0.1) is 0 Å². The summed E-state index contributed by atoms with van der Waals surface area (Å²) in [6, 6.07) is 9.93. The van der Waals surface area contributed by atoms with Gasteiger partial charge in [0.05, 0.1) is 37.1 Å². The van der Waals surface area contributed by atoms with Crippen LogP contribution >= 0.6 is 23.2 Å². The van der Waals surface area contributed by atoms with Crippen LogP contribution in [-0.4, -0.2) is 27.2 Å². The average molecular weight is 407 g/mol. The molecule has 0 heterocycles. The minimum absolute atomic E-state index is 0.139. The first kappa shape index (κ1) is 20.4. The normalized spacial score (nSPS) is 10.7. The molecule has 0 saturated carbocycles. The lowest BCUT2D eigenvalue weighted by Crippen LogP contribution is -2.13. The van der Waals surface area contributed by atoms with Gasteiger partial charge in [-0.2, -0.15) is 5.26 Å². The Hall–Kier alpha value is -2.88. The topological polar surface area (TPSA) is 80.6 Å². The predicted octanol–water partition coefficient (Wildman–Crippen LogP) is 4.56. The van der Waals surface area contributed by atoms with E-state index in [4.69, 9.17) is 37.4 Å². The molecule has 6 nitrogen and oxygen atoms in total. The highest BCUT2D eigenvalue weighted by molar-refractivity contribution is 6.44. The zero-order chi connectivity index (χ0) is 20.0. The Morgan fingerprint density at radius 3 is 2.26 bits per heavy atom. The maximum Gasteiger partial charge on any atom is 0.266 e. The Labute approximate surface area is 166 Å². The molecule has 0 bridgehead atoms. The van der Waals surface area contributed by atoms with E-state index in [2.05, 4.69) is 5.32 Å². The highest BCUT2D eigenvalue weighted by Gasteiger charge is 2.16. The van der Waals surface area contributed by atoms with Crippen molar-refractivity contribution < 1.29 is 19.0 Å². The quantitative estimate of drug-likeness (QED) is 0.561. The van der Waals surface area contributed by atoms with Gasteiger partial charge in [0.1, 0.15) is 11.6 Å². The number of carbonyl (C=O) groups excluding carboxylic acids is 1. The zero-order valence-electron chi connectivity index (χ0n) is 14.8. The third-order valence-corrected chi connectivity index (χ3v) is 4.38. The fourth-order valence-corrected chi connectivity index (χ4v) is 2.64. The highest BCUT2D eigenvalue weighted by Crippen LogP contribution is 2.38. The second-order valence-electron chi connectivity index (χ2n) is 5.18. The van der Waals surface area contributed by atoms with E-state index in [9.17, 15) is 10.1 Å². The maximum atomic E-state index is 12.5. The molecule has 0 aliphatic carbocycles. The third kappa shape index (κ3) is 4.64. The number of anilines is 1. The van der Waals surface area contributed by atoms with Gasteiger partial charge in [-0.05, 0) is 35.9 Å². The second-order valence-corrected chi connectivity index (χ2v) is 5.97. The standard InChI is InChI=1S/C19H16Cl2N2O4/c1-25-15-8-11(9-16(26-2)18(15)27-3)7-12(10-22)19(24)23-14-6-4-5-13(20)17(14)21/h4-9H,1-3H3,(H,23,24)/b12-7-. The Balaban J connectivity index is 2.39. The number of amides is 1. The molecule has 0 fully saturated rings. The third-order valence-electron chi connectivity index (χ3n) is 3.56. The molecule has 0 aliphatic heterocycles. The molecule has 2 aromatic carbocycles. The van der Waals surface area contributed by atoms with Crippen LogP contribution in [0.4, 0.5) is 5.69 Å². The molecule has 0 radical (unpaired) electrons. The average Bonchev–Trinajstić information content (AvgIpc) is 2.68. The molecule has 2 aromatic rings. The first-order valence-corrected chi connectivity index (χ1v) is 8.37. The number of nitrogens with one attached hydrogen (secondary N) is 1. The van der Waals surface area contributed by atoms with Crippen LogP contribution in [0.1, 0.15) is 5.56 Å². The van der Waals surface area contributed by atoms with Gasteiger partial charge in [-0.1, -0.05) is 29.3 Å². The molecule has 0 unspecified atom stereocenters. The van der Waals surface area contributed by atoms with Gasteiger partial charge in [-0.3, -0.25) is 4.79 Å². The monoisotopic (exact) mass is 406 g/mol. The Kier molecular flexibility index (Phi) is 6.94. The molecule has 27 heavy (non-hydrogen) atoms. The summed E-state index contributed by atoms with van der Waals surface area (Å²) < 4.78 is 15.8. The van der Waals surface area contributed by atoms with Gasteiger partial charge in [0.25, 0.3) is 5.91 Å². The molecule has 1 N–H and O–H groups in total. The molecular formula is C19H16Cl2N2O4. The minimum Gasteiger partial charge on any atom is -0.493 e. The van der Waals surface area contributed by atoms with Crippen LogP contribution in [0.2, 0.25) is 10.0 Å². The first-order chi connectivity index (χ1) is 12.9. The van der Waals surface area contributed by atoms with Gasteiger partial charge >= 0.3 is 0 Å². The number of halogens is 2. The van der Waals surface area contributed by atoms with Crippen LogP contribution < -0.4 is 19.5 Å². The van der Waals surface area contributed by atoms with Gasteiger partial charge in [0.2, 0.25) is 5.75 Å². The van der Waals surface area contributed by atoms with E-state index < -0.39 is 5.91 Å². The predicted molar refractivity (Wildman–Crippen MR) is 105 cm³/mol.